The van der Waals surface area contributed by atoms with Crippen molar-refractivity contribution in [2.75, 3.05) is 4.90 Å². The third-order valence-corrected chi connectivity index (χ3v) is 5.71. The summed E-state index contributed by atoms with van der Waals surface area (Å²) < 4.78 is 6.10. The van der Waals surface area contributed by atoms with Gasteiger partial charge in [0.15, 0.2) is 5.58 Å². The maximum atomic E-state index is 6.10. The molecule has 6 rings (SSSR count). The van der Waals surface area contributed by atoms with Crippen LogP contribution in [0.25, 0.3) is 33.2 Å². The summed E-state index contributed by atoms with van der Waals surface area (Å²) in [4.78, 5) is 6.97. The molecule has 32 heavy (non-hydrogen) atoms. The van der Waals surface area contributed by atoms with E-state index in [1.807, 2.05) is 54.7 Å². The van der Waals surface area contributed by atoms with Crippen molar-refractivity contribution in [2.24, 2.45) is 0 Å². The van der Waals surface area contributed by atoms with Gasteiger partial charge < -0.3 is 9.32 Å². The number of benzene rings is 4. The zero-order chi connectivity index (χ0) is 21.3. The third-order valence-electron chi connectivity index (χ3n) is 5.71. The molecule has 3 heteroatoms. The number of anilines is 3. The van der Waals surface area contributed by atoms with E-state index in [0.717, 1.165) is 39.1 Å². The summed E-state index contributed by atoms with van der Waals surface area (Å²) in [7, 11) is 0. The molecule has 0 saturated heterocycles. The van der Waals surface area contributed by atoms with Crippen LogP contribution in [-0.4, -0.2) is 4.98 Å². The van der Waals surface area contributed by atoms with Crippen molar-refractivity contribution in [1.82, 2.24) is 4.98 Å². The van der Waals surface area contributed by atoms with Gasteiger partial charge in [-0.15, -0.1) is 0 Å². The van der Waals surface area contributed by atoms with Crippen LogP contribution < -0.4 is 4.90 Å². The first kappa shape index (κ1) is 18.4. The standard InChI is InChI=1S/C29H20N2O/c1-3-9-21(10-4-1)22-15-17-24(18-16-22)31(23-11-5-2-6-12-23)25-19-28-29(30-20-25)26-13-7-8-14-27(26)32-28/h1-20H. The van der Waals surface area contributed by atoms with Crippen molar-refractivity contribution in [3.8, 4) is 11.1 Å². The molecule has 3 nitrogen and oxygen atoms in total. The molecule has 0 saturated carbocycles. The number of rotatable bonds is 4. The Kier molecular flexibility index (Phi) is 4.43. The summed E-state index contributed by atoms with van der Waals surface area (Å²) in [5.74, 6) is 0. The molecule has 0 atom stereocenters. The number of furan rings is 1. The van der Waals surface area contributed by atoms with Crippen molar-refractivity contribution in [2.45, 2.75) is 0 Å². The average Bonchev–Trinajstić information content (AvgIpc) is 3.24. The van der Waals surface area contributed by atoms with E-state index in [1.165, 1.54) is 11.1 Å². The lowest BCUT2D eigenvalue weighted by molar-refractivity contribution is 0.668. The van der Waals surface area contributed by atoms with E-state index in [0.29, 0.717) is 0 Å². The van der Waals surface area contributed by atoms with Crippen LogP contribution in [0.1, 0.15) is 0 Å². The van der Waals surface area contributed by atoms with Crippen molar-refractivity contribution in [3.63, 3.8) is 0 Å². The van der Waals surface area contributed by atoms with Crippen molar-refractivity contribution >= 4 is 39.1 Å². The normalized spacial score (nSPS) is 11.1. The van der Waals surface area contributed by atoms with E-state index in [-0.39, 0.29) is 0 Å². The highest BCUT2D eigenvalue weighted by Gasteiger charge is 2.16. The zero-order valence-corrected chi connectivity index (χ0v) is 17.3. The van der Waals surface area contributed by atoms with E-state index < -0.39 is 0 Å². The van der Waals surface area contributed by atoms with Gasteiger partial charge in [0.1, 0.15) is 11.1 Å². The molecule has 0 radical (unpaired) electrons. The minimum atomic E-state index is 0.783. The fourth-order valence-electron chi connectivity index (χ4n) is 4.16. The molecular weight excluding hydrogens is 392 g/mol. The van der Waals surface area contributed by atoms with Crippen LogP contribution in [0.2, 0.25) is 0 Å². The van der Waals surface area contributed by atoms with Crippen LogP contribution in [0.4, 0.5) is 17.1 Å². The Balaban J connectivity index is 1.48. The second-order valence-electron chi connectivity index (χ2n) is 7.72. The van der Waals surface area contributed by atoms with Crippen LogP contribution in [0.5, 0.6) is 0 Å². The minimum Gasteiger partial charge on any atom is -0.454 e. The molecule has 0 spiro atoms. The Bertz CT molecular complexity index is 1500. The molecule has 0 aliphatic rings. The van der Waals surface area contributed by atoms with Gasteiger partial charge in [-0.1, -0.05) is 72.8 Å². The highest BCUT2D eigenvalue weighted by atomic mass is 16.3. The van der Waals surface area contributed by atoms with Crippen LogP contribution >= 0.6 is 0 Å². The van der Waals surface area contributed by atoms with Gasteiger partial charge in [0.05, 0.1) is 11.9 Å². The van der Waals surface area contributed by atoms with Crippen LogP contribution in [0, 0.1) is 0 Å². The molecule has 2 aromatic heterocycles. The lowest BCUT2D eigenvalue weighted by atomic mass is 10.0. The van der Waals surface area contributed by atoms with E-state index in [9.17, 15) is 0 Å². The van der Waals surface area contributed by atoms with E-state index in [4.69, 9.17) is 9.40 Å². The molecule has 0 aliphatic heterocycles. The molecule has 0 unspecified atom stereocenters. The van der Waals surface area contributed by atoms with Gasteiger partial charge in [0, 0.05) is 22.8 Å². The maximum absolute atomic E-state index is 6.10. The predicted octanol–water partition coefficient (Wildman–Crippen LogP) is 8.12. The van der Waals surface area contributed by atoms with Gasteiger partial charge >= 0.3 is 0 Å². The highest BCUT2D eigenvalue weighted by molar-refractivity contribution is 6.03. The Morgan fingerprint density at radius 3 is 1.94 bits per heavy atom. The lowest BCUT2D eigenvalue weighted by Crippen LogP contribution is -2.10. The zero-order valence-electron chi connectivity index (χ0n) is 17.3. The quantitative estimate of drug-likeness (QED) is 0.293. The first-order chi connectivity index (χ1) is 15.9. The highest BCUT2D eigenvalue weighted by Crippen LogP contribution is 2.37. The molecule has 0 amide bonds. The largest absolute Gasteiger partial charge is 0.454 e. The smallest absolute Gasteiger partial charge is 0.155 e. The molecule has 0 aliphatic carbocycles. The number of hydrogen-bond acceptors (Lipinski definition) is 3. The number of nitrogens with zero attached hydrogens (tertiary/aromatic N) is 2. The minimum absolute atomic E-state index is 0.783. The maximum Gasteiger partial charge on any atom is 0.155 e. The summed E-state index contributed by atoms with van der Waals surface area (Å²) in [5, 5.41) is 1.03. The number of fused-ring (bicyclic) bond motifs is 3. The first-order valence-electron chi connectivity index (χ1n) is 10.6. The number of pyridine rings is 1. The Labute approximate surface area is 186 Å². The Morgan fingerprint density at radius 1 is 0.531 bits per heavy atom. The summed E-state index contributed by atoms with van der Waals surface area (Å²) >= 11 is 0. The topological polar surface area (TPSA) is 29.3 Å². The Hall–Kier alpha value is -4.37. The van der Waals surface area contributed by atoms with Crippen molar-refractivity contribution < 1.29 is 4.42 Å². The summed E-state index contributed by atoms with van der Waals surface area (Å²) in [6, 6.07) is 39.5. The second-order valence-corrected chi connectivity index (χ2v) is 7.72. The summed E-state index contributed by atoms with van der Waals surface area (Å²) in [6.45, 7) is 0. The molecule has 0 bridgehead atoms. The second kappa shape index (κ2) is 7.71. The van der Waals surface area contributed by atoms with Gasteiger partial charge in [-0.25, -0.2) is 4.98 Å². The molecule has 2 heterocycles. The SMILES string of the molecule is c1ccc(-c2ccc(N(c3ccccc3)c3cnc4c(c3)oc3ccccc34)cc2)cc1. The molecule has 152 valence electrons. The van der Waals surface area contributed by atoms with Crippen molar-refractivity contribution in [1.29, 1.82) is 0 Å². The average molecular weight is 412 g/mol. The third kappa shape index (κ3) is 3.21. The van der Waals surface area contributed by atoms with Gasteiger partial charge in [0.25, 0.3) is 0 Å². The van der Waals surface area contributed by atoms with Gasteiger partial charge in [0.2, 0.25) is 0 Å². The van der Waals surface area contributed by atoms with Gasteiger partial charge in [-0.05, 0) is 47.5 Å². The fourth-order valence-corrected chi connectivity index (χ4v) is 4.16. The van der Waals surface area contributed by atoms with Crippen molar-refractivity contribution in [3.05, 3.63) is 121 Å². The van der Waals surface area contributed by atoms with Gasteiger partial charge in [-0.3, -0.25) is 0 Å². The van der Waals surface area contributed by atoms with E-state index in [1.54, 1.807) is 0 Å². The van der Waals surface area contributed by atoms with Crippen LogP contribution in [0.15, 0.2) is 126 Å². The van der Waals surface area contributed by atoms with Crippen LogP contribution in [0.3, 0.4) is 0 Å². The fraction of sp³-hybridized carbons (Fsp3) is 0. The van der Waals surface area contributed by atoms with Gasteiger partial charge in [-0.2, -0.15) is 0 Å². The summed E-state index contributed by atoms with van der Waals surface area (Å²) in [6.07, 6.45) is 1.92. The molecule has 6 aromatic rings. The van der Waals surface area contributed by atoms with E-state index >= 15 is 0 Å². The first-order valence-corrected chi connectivity index (χ1v) is 10.6. The number of aromatic nitrogens is 1. The molecule has 0 N–H and O–H groups in total. The molecule has 4 aromatic carbocycles. The van der Waals surface area contributed by atoms with Crippen LogP contribution in [-0.2, 0) is 0 Å². The number of para-hydroxylation sites is 2. The molecule has 0 fully saturated rings. The lowest BCUT2D eigenvalue weighted by Gasteiger charge is -2.25. The monoisotopic (exact) mass is 412 g/mol. The Morgan fingerprint density at radius 2 is 1.16 bits per heavy atom. The number of hydrogen-bond donors (Lipinski definition) is 0. The van der Waals surface area contributed by atoms with E-state index in [2.05, 4.69) is 71.6 Å². The molecular formula is C29H20N2O. The summed E-state index contributed by atoms with van der Waals surface area (Å²) in [5.41, 5.74) is 8.00. The predicted molar refractivity (Wildman–Crippen MR) is 132 cm³/mol.